The predicted molar refractivity (Wildman–Crippen MR) is 158 cm³/mol. The molecule has 0 bridgehead atoms. The van der Waals surface area contributed by atoms with E-state index in [0.717, 1.165) is 21.8 Å². The minimum Gasteiger partial charge on any atom is -0.394 e. The number of thioether (sulfide) groups is 1. The molecule has 0 radical (unpaired) electrons. The summed E-state index contributed by atoms with van der Waals surface area (Å²) in [5.74, 6) is 0. The second kappa shape index (κ2) is 13.0. The zero-order valence-corrected chi connectivity index (χ0v) is 23.9. The van der Waals surface area contributed by atoms with E-state index in [1.807, 2.05) is 72.8 Å². The highest BCUT2D eigenvalue weighted by atomic mass is 79.9. The molecule has 11 heteroatoms. The smallest absolute Gasteiger partial charge is 0.138 e. The Morgan fingerprint density at radius 1 is 0.854 bits per heavy atom. The molecule has 4 N–H and O–H groups in total. The van der Waals surface area contributed by atoms with E-state index in [1.54, 1.807) is 12.1 Å². The normalized spacial score (nSPS) is 22.5. The molecule has 1 aromatic heterocycles. The minimum absolute atomic E-state index is 0.169. The topological polar surface area (TPSA) is 152 Å². The van der Waals surface area contributed by atoms with Crippen LogP contribution in [0.4, 0.5) is 11.4 Å². The summed E-state index contributed by atoms with van der Waals surface area (Å²) in [7, 11) is 0. The SMILES string of the molecule is N#Cc1c(S[C@@H]2O[C@H](CO)[C@@H](O)[C@H](O)[C@H]2O)nc(-c2ccccc2)c(N=Nc2ccc(Br)cc2)c1-c1ccccc1. The van der Waals surface area contributed by atoms with Gasteiger partial charge in [-0.1, -0.05) is 88.4 Å². The molecular weight excluding hydrogens is 608 g/mol. The molecule has 5 rings (SSSR count). The maximum absolute atomic E-state index is 10.7. The van der Waals surface area contributed by atoms with Gasteiger partial charge in [0, 0.05) is 15.6 Å². The van der Waals surface area contributed by atoms with Crippen molar-refractivity contribution in [2.75, 3.05) is 6.61 Å². The number of ether oxygens (including phenoxy) is 1. The highest BCUT2D eigenvalue weighted by Crippen LogP contribution is 2.46. The van der Waals surface area contributed by atoms with Crippen LogP contribution in [0.5, 0.6) is 0 Å². The molecule has 2 heterocycles. The highest BCUT2D eigenvalue weighted by molar-refractivity contribution is 9.10. The van der Waals surface area contributed by atoms with Gasteiger partial charge >= 0.3 is 0 Å². The number of pyridine rings is 1. The van der Waals surface area contributed by atoms with Crippen LogP contribution in [0.2, 0.25) is 0 Å². The summed E-state index contributed by atoms with van der Waals surface area (Å²) in [5, 5.41) is 60.7. The van der Waals surface area contributed by atoms with E-state index in [-0.39, 0.29) is 10.6 Å². The second-order valence-electron chi connectivity index (χ2n) is 9.20. The molecule has 0 saturated carbocycles. The lowest BCUT2D eigenvalue weighted by Crippen LogP contribution is -2.57. The Morgan fingerprint density at radius 3 is 2.10 bits per heavy atom. The van der Waals surface area contributed by atoms with Gasteiger partial charge in [-0.15, -0.1) is 5.11 Å². The quantitative estimate of drug-likeness (QED) is 0.199. The van der Waals surface area contributed by atoms with Crippen LogP contribution in [0, 0.1) is 11.3 Å². The number of nitrogens with zero attached hydrogens (tertiary/aromatic N) is 4. The van der Waals surface area contributed by atoms with E-state index < -0.39 is 36.5 Å². The molecule has 1 saturated heterocycles. The zero-order chi connectivity index (χ0) is 28.9. The lowest BCUT2D eigenvalue weighted by molar-refractivity contribution is -0.205. The molecule has 3 aromatic carbocycles. The van der Waals surface area contributed by atoms with Crippen LogP contribution in [0.3, 0.4) is 0 Å². The van der Waals surface area contributed by atoms with Crippen molar-refractivity contribution in [3.8, 4) is 28.5 Å². The first-order chi connectivity index (χ1) is 19.9. The molecule has 5 atom stereocenters. The Bertz CT molecular complexity index is 1570. The summed E-state index contributed by atoms with van der Waals surface area (Å²) in [5.41, 5.74) is 2.35. The van der Waals surface area contributed by atoms with Gasteiger partial charge in [0.1, 0.15) is 46.6 Å². The van der Waals surface area contributed by atoms with Gasteiger partial charge in [-0.2, -0.15) is 10.4 Å². The van der Waals surface area contributed by atoms with Gasteiger partial charge in [0.25, 0.3) is 0 Å². The van der Waals surface area contributed by atoms with E-state index in [4.69, 9.17) is 9.72 Å². The minimum atomic E-state index is -1.56. The average Bonchev–Trinajstić information content (AvgIpc) is 3.01. The number of benzene rings is 3. The molecule has 4 aromatic rings. The predicted octanol–water partition coefficient (Wildman–Crippen LogP) is 5.36. The molecular formula is C30H25BrN4O5S. The number of halogens is 1. The van der Waals surface area contributed by atoms with E-state index >= 15 is 0 Å². The van der Waals surface area contributed by atoms with Gasteiger partial charge in [-0.05, 0) is 29.8 Å². The number of aliphatic hydroxyl groups is 4. The van der Waals surface area contributed by atoms with Gasteiger partial charge in [0.15, 0.2) is 0 Å². The van der Waals surface area contributed by atoms with E-state index in [1.165, 1.54) is 0 Å². The maximum Gasteiger partial charge on any atom is 0.138 e. The molecule has 1 aliphatic rings. The second-order valence-corrected chi connectivity index (χ2v) is 11.2. The average molecular weight is 634 g/mol. The molecule has 1 fully saturated rings. The van der Waals surface area contributed by atoms with E-state index in [9.17, 15) is 25.7 Å². The van der Waals surface area contributed by atoms with Gasteiger partial charge < -0.3 is 25.2 Å². The van der Waals surface area contributed by atoms with Crippen molar-refractivity contribution in [2.24, 2.45) is 10.2 Å². The van der Waals surface area contributed by atoms with Crippen molar-refractivity contribution < 1.29 is 25.2 Å². The van der Waals surface area contributed by atoms with Crippen molar-refractivity contribution in [1.29, 1.82) is 5.26 Å². The monoisotopic (exact) mass is 632 g/mol. The van der Waals surface area contributed by atoms with Crippen LogP contribution >= 0.6 is 27.7 Å². The van der Waals surface area contributed by atoms with Gasteiger partial charge in [-0.3, -0.25) is 0 Å². The van der Waals surface area contributed by atoms with Crippen molar-refractivity contribution in [2.45, 2.75) is 34.9 Å². The number of aromatic nitrogens is 1. The van der Waals surface area contributed by atoms with Crippen LogP contribution in [0.15, 0.2) is 105 Å². The van der Waals surface area contributed by atoms with Crippen molar-refractivity contribution in [3.63, 3.8) is 0 Å². The van der Waals surface area contributed by atoms with Crippen LogP contribution in [0.25, 0.3) is 22.4 Å². The van der Waals surface area contributed by atoms with Crippen LogP contribution in [-0.4, -0.2) is 61.9 Å². The summed E-state index contributed by atoms with van der Waals surface area (Å²) < 4.78 is 6.63. The summed E-state index contributed by atoms with van der Waals surface area (Å²) in [6.45, 7) is -0.569. The van der Waals surface area contributed by atoms with Crippen molar-refractivity contribution in [1.82, 2.24) is 4.98 Å². The number of aliphatic hydroxyl groups excluding tert-OH is 4. The Morgan fingerprint density at radius 2 is 1.49 bits per heavy atom. The van der Waals surface area contributed by atoms with Gasteiger partial charge in [0.2, 0.25) is 0 Å². The first-order valence-electron chi connectivity index (χ1n) is 12.6. The summed E-state index contributed by atoms with van der Waals surface area (Å²) in [4.78, 5) is 4.83. The largest absolute Gasteiger partial charge is 0.394 e. The van der Waals surface area contributed by atoms with Crippen LogP contribution in [-0.2, 0) is 4.74 Å². The molecule has 208 valence electrons. The number of rotatable bonds is 7. The lowest BCUT2D eigenvalue weighted by atomic mass is 9.96. The third kappa shape index (κ3) is 6.24. The Labute approximate surface area is 248 Å². The molecule has 0 spiro atoms. The Balaban J connectivity index is 1.72. The first-order valence-corrected chi connectivity index (χ1v) is 14.3. The van der Waals surface area contributed by atoms with E-state index in [0.29, 0.717) is 28.2 Å². The summed E-state index contributed by atoms with van der Waals surface area (Å²) in [6.07, 6.45) is -5.68. The lowest BCUT2D eigenvalue weighted by Gasteiger charge is -2.39. The van der Waals surface area contributed by atoms with E-state index in [2.05, 4.69) is 32.2 Å². The van der Waals surface area contributed by atoms with Crippen LogP contribution in [0.1, 0.15) is 5.56 Å². The van der Waals surface area contributed by atoms with Crippen molar-refractivity contribution >= 4 is 39.1 Å². The Kier molecular flexibility index (Phi) is 9.22. The number of hydrogen-bond donors (Lipinski definition) is 4. The zero-order valence-electron chi connectivity index (χ0n) is 21.4. The third-order valence-electron chi connectivity index (χ3n) is 6.53. The maximum atomic E-state index is 10.7. The van der Waals surface area contributed by atoms with Crippen LogP contribution < -0.4 is 0 Å². The third-order valence-corrected chi connectivity index (χ3v) is 8.20. The first kappa shape index (κ1) is 29.0. The highest BCUT2D eigenvalue weighted by Gasteiger charge is 2.44. The number of nitriles is 1. The Hall–Kier alpha value is -3.47. The fourth-order valence-electron chi connectivity index (χ4n) is 4.41. The van der Waals surface area contributed by atoms with Gasteiger partial charge in [-0.25, -0.2) is 4.98 Å². The molecule has 1 aliphatic heterocycles. The standard InChI is InChI=1S/C30H25BrN4O5S/c31-19-11-13-20(14-12-19)34-35-25-23(17-7-3-1-4-8-17)21(15-32)29(33-24(25)18-9-5-2-6-10-18)41-30-28(39)27(38)26(37)22(16-36)40-30/h1-14,22,26-28,30,36-39H,16H2/t22-,26-,27+,28-,30+/m1/s1. The van der Waals surface area contributed by atoms with Crippen molar-refractivity contribution in [3.05, 3.63) is 95.0 Å². The molecule has 0 aliphatic carbocycles. The molecule has 0 unspecified atom stereocenters. The van der Waals surface area contributed by atoms with Gasteiger partial charge in [0.05, 0.1) is 23.6 Å². The molecule has 9 nitrogen and oxygen atoms in total. The molecule has 41 heavy (non-hydrogen) atoms. The molecule has 0 amide bonds. The summed E-state index contributed by atoms with van der Waals surface area (Å²) in [6, 6.07) is 28.1. The summed E-state index contributed by atoms with van der Waals surface area (Å²) >= 11 is 4.35. The number of hydrogen-bond acceptors (Lipinski definition) is 10. The fraction of sp³-hybridized carbons (Fsp3) is 0.200. The number of azo groups is 1. The fourth-order valence-corrected chi connectivity index (χ4v) is 5.81.